The van der Waals surface area contributed by atoms with E-state index in [1.54, 1.807) is 0 Å². The number of aryl methyl sites for hydroxylation is 1. The number of nitrogens with zero attached hydrogens (tertiary/aromatic N) is 3. The fraction of sp³-hybridized carbons (Fsp3) is 0.433. The van der Waals surface area contributed by atoms with E-state index in [1.807, 2.05) is 6.20 Å². The van der Waals surface area contributed by atoms with Crippen molar-refractivity contribution in [1.82, 2.24) is 19.4 Å². The van der Waals surface area contributed by atoms with Crippen molar-refractivity contribution in [2.75, 3.05) is 6.54 Å². The van der Waals surface area contributed by atoms with E-state index in [0.717, 1.165) is 62.5 Å². The molecule has 1 N–H and O–H groups in total. The minimum absolute atomic E-state index is 0.265. The van der Waals surface area contributed by atoms with Crippen LogP contribution in [-0.2, 0) is 19.6 Å². The smallest absolute Gasteiger partial charge is 0.152 e. The Balaban J connectivity index is 1.68. The minimum atomic E-state index is 0.265. The standard InChI is InChI=1S/C30H39ClN4/c1-6-7-17-35-27(28(31)33-29(35)25-11-9-8-10-22(25)2)21-34(18-15-30(3,4)5)20-23-12-13-26-24(19-23)14-16-32-26/h8-14,16,19,32H,6-7,15,17-18,20-21H2,1-5H3. The molecule has 0 bridgehead atoms. The SMILES string of the molecule is CCCCn1c(-c2ccccc2C)nc(Cl)c1CN(CCC(C)(C)C)Cc1ccc2[nH]ccc2c1. The van der Waals surface area contributed by atoms with Crippen LogP contribution in [0.5, 0.6) is 0 Å². The number of H-pyrrole nitrogens is 1. The van der Waals surface area contributed by atoms with E-state index in [1.165, 1.54) is 22.0 Å². The molecule has 0 spiro atoms. The Morgan fingerprint density at radius 1 is 1.06 bits per heavy atom. The number of fused-ring (bicyclic) bond motifs is 1. The van der Waals surface area contributed by atoms with Crippen molar-refractivity contribution in [2.24, 2.45) is 5.41 Å². The van der Waals surface area contributed by atoms with E-state index in [4.69, 9.17) is 16.6 Å². The third-order valence-electron chi connectivity index (χ3n) is 6.72. The van der Waals surface area contributed by atoms with Crippen LogP contribution in [0.4, 0.5) is 0 Å². The molecule has 0 saturated carbocycles. The van der Waals surface area contributed by atoms with Crippen LogP contribution in [0.25, 0.3) is 22.3 Å². The van der Waals surface area contributed by atoms with Gasteiger partial charge in [-0.3, -0.25) is 4.90 Å². The molecule has 186 valence electrons. The molecule has 2 heterocycles. The summed E-state index contributed by atoms with van der Waals surface area (Å²) in [6.07, 6.45) is 5.35. The maximum absolute atomic E-state index is 6.87. The van der Waals surface area contributed by atoms with Crippen molar-refractivity contribution in [3.8, 4) is 11.4 Å². The summed E-state index contributed by atoms with van der Waals surface area (Å²) in [4.78, 5) is 10.7. The molecular formula is C30H39ClN4. The van der Waals surface area contributed by atoms with Gasteiger partial charge < -0.3 is 9.55 Å². The molecule has 4 aromatic rings. The van der Waals surface area contributed by atoms with Gasteiger partial charge >= 0.3 is 0 Å². The molecule has 2 aromatic carbocycles. The summed E-state index contributed by atoms with van der Waals surface area (Å²) in [5, 5.41) is 1.88. The largest absolute Gasteiger partial charge is 0.361 e. The number of rotatable bonds is 10. The van der Waals surface area contributed by atoms with Gasteiger partial charge in [0, 0.05) is 36.9 Å². The average molecular weight is 491 g/mol. The lowest BCUT2D eigenvalue weighted by molar-refractivity contribution is 0.209. The van der Waals surface area contributed by atoms with E-state index in [2.05, 4.69) is 97.6 Å². The van der Waals surface area contributed by atoms with Crippen LogP contribution >= 0.6 is 11.6 Å². The monoisotopic (exact) mass is 490 g/mol. The molecule has 5 heteroatoms. The van der Waals surface area contributed by atoms with E-state index >= 15 is 0 Å². The second kappa shape index (κ2) is 11.0. The Bertz CT molecular complexity index is 1260. The van der Waals surface area contributed by atoms with Gasteiger partial charge in [0.25, 0.3) is 0 Å². The second-order valence-corrected chi connectivity index (χ2v) is 11.3. The normalized spacial score (nSPS) is 12.2. The van der Waals surface area contributed by atoms with Crippen LogP contribution in [0.15, 0.2) is 54.7 Å². The van der Waals surface area contributed by atoms with Gasteiger partial charge in [-0.05, 0) is 66.4 Å². The summed E-state index contributed by atoms with van der Waals surface area (Å²) in [6.45, 7) is 14.9. The highest BCUT2D eigenvalue weighted by molar-refractivity contribution is 6.30. The Hall–Kier alpha value is -2.56. The third kappa shape index (κ3) is 6.36. The zero-order valence-corrected chi connectivity index (χ0v) is 22.6. The first-order valence-electron chi connectivity index (χ1n) is 12.8. The number of halogens is 1. The van der Waals surface area contributed by atoms with Gasteiger partial charge in [0.1, 0.15) is 5.82 Å². The number of nitrogens with one attached hydrogen (secondary N) is 1. The summed E-state index contributed by atoms with van der Waals surface area (Å²) >= 11 is 6.87. The van der Waals surface area contributed by atoms with E-state index in [9.17, 15) is 0 Å². The van der Waals surface area contributed by atoms with Crippen LogP contribution in [0.2, 0.25) is 5.15 Å². The second-order valence-electron chi connectivity index (χ2n) is 10.9. The molecule has 0 fully saturated rings. The third-order valence-corrected chi connectivity index (χ3v) is 7.02. The van der Waals surface area contributed by atoms with Crippen molar-refractivity contribution in [1.29, 1.82) is 0 Å². The van der Waals surface area contributed by atoms with Gasteiger partial charge in [-0.15, -0.1) is 0 Å². The van der Waals surface area contributed by atoms with Gasteiger partial charge in [-0.1, -0.05) is 76.0 Å². The number of hydrogen-bond donors (Lipinski definition) is 1. The first kappa shape index (κ1) is 25.5. The molecule has 0 aliphatic heterocycles. The molecule has 2 aromatic heterocycles. The molecule has 35 heavy (non-hydrogen) atoms. The lowest BCUT2D eigenvalue weighted by Gasteiger charge is -2.27. The predicted octanol–water partition coefficient (Wildman–Crippen LogP) is 8.23. The Morgan fingerprint density at radius 3 is 2.60 bits per heavy atom. The molecule has 4 rings (SSSR count). The highest BCUT2D eigenvalue weighted by Gasteiger charge is 2.22. The number of imidazole rings is 1. The van der Waals surface area contributed by atoms with Crippen LogP contribution in [0, 0.1) is 12.3 Å². The molecule has 0 aliphatic rings. The lowest BCUT2D eigenvalue weighted by Crippen LogP contribution is -2.28. The van der Waals surface area contributed by atoms with E-state index < -0.39 is 0 Å². The summed E-state index contributed by atoms with van der Waals surface area (Å²) in [5.74, 6) is 0.987. The van der Waals surface area contributed by atoms with Crippen LogP contribution < -0.4 is 0 Å². The molecule has 0 radical (unpaired) electrons. The van der Waals surface area contributed by atoms with E-state index in [0.29, 0.717) is 5.15 Å². The summed E-state index contributed by atoms with van der Waals surface area (Å²) < 4.78 is 2.37. The molecular weight excluding hydrogens is 452 g/mol. The molecule has 0 atom stereocenters. The lowest BCUT2D eigenvalue weighted by atomic mass is 9.92. The molecule has 0 saturated heterocycles. The topological polar surface area (TPSA) is 36.9 Å². The predicted molar refractivity (Wildman–Crippen MR) is 149 cm³/mol. The van der Waals surface area contributed by atoms with Gasteiger partial charge in [0.15, 0.2) is 5.15 Å². The summed E-state index contributed by atoms with van der Waals surface area (Å²) in [6, 6.07) is 17.3. The van der Waals surface area contributed by atoms with Gasteiger partial charge in [-0.25, -0.2) is 4.98 Å². The van der Waals surface area contributed by atoms with Gasteiger partial charge in [-0.2, -0.15) is 0 Å². The summed E-state index contributed by atoms with van der Waals surface area (Å²) in [5.41, 5.74) is 6.27. The Labute approximate surface area is 215 Å². The zero-order chi connectivity index (χ0) is 25.0. The van der Waals surface area contributed by atoms with Crippen molar-refractivity contribution >= 4 is 22.5 Å². The Kier molecular flexibility index (Phi) is 8.03. The zero-order valence-electron chi connectivity index (χ0n) is 21.9. The van der Waals surface area contributed by atoms with Crippen molar-refractivity contribution in [3.05, 3.63) is 76.7 Å². The number of unbranched alkanes of at least 4 members (excludes halogenated alkanes) is 1. The molecule has 0 amide bonds. The highest BCUT2D eigenvalue weighted by Crippen LogP contribution is 2.30. The number of hydrogen-bond acceptors (Lipinski definition) is 2. The highest BCUT2D eigenvalue weighted by atomic mass is 35.5. The molecule has 4 nitrogen and oxygen atoms in total. The van der Waals surface area contributed by atoms with Crippen molar-refractivity contribution in [3.63, 3.8) is 0 Å². The van der Waals surface area contributed by atoms with Gasteiger partial charge in [0.2, 0.25) is 0 Å². The van der Waals surface area contributed by atoms with E-state index in [-0.39, 0.29) is 5.41 Å². The Morgan fingerprint density at radius 2 is 1.86 bits per heavy atom. The van der Waals surface area contributed by atoms with Crippen LogP contribution in [0.1, 0.15) is 63.8 Å². The van der Waals surface area contributed by atoms with Crippen LogP contribution in [0.3, 0.4) is 0 Å². The van der Waals surface area contributed by atoms with Crippen molar-refractivity contribution < 1.29 is 0 Å². The number of benzene rings is 2. The van der Waals surface area contributed by atoms with Crippen molar-refractivity contribution in [2.45, 2.75) is 73.5 Å². The number of aromatic nitrogens is 3. The summed E-state index contributed by atoms with van der Waals surface area (Å²) in [7, 11) is 0. The maximum atomic E-state index is 6.87. The average Bonchev–Trinajstić information content (AvgIpc) is 3.40. The maximum Gasteiger partial charge on any atom is 0.152 e. The number of aromatic amines is 1. The van der Waals surface area contributed by atoms with Crippen LogP contribution in [-0.4, -0.2) is 26.0 Å². The molecule has 0 aliphatic carbocycles. The fourth-order valence-corrected chi connectivity index (χ4v) is 4.81. The fourth-order valence-electron chi connectivity index (χ4n) is 4.57. The first-order chi connectivity index (χ1) is 16.7. The quantitative estimate of drug-likeness (QED) is 0.243. The van der Waals surface area contributed by atoms with Gasteiger partial charge in [0.05, 0.1) is 5.69 Å². The minimum Gasteiger partial charge on any atom is -0.361 e. The first-order valence-corrected chi connectivity index (χ1v) is 13.2. The molecule has 0 unspecified atom stereocenters.